The summed E-state index contributed by atoms with van der Waals surface area (Å²) in [5.74, 6) is -8.72. The summed E-state index contributed by atoms with van der Waals surface area (Å²) in [5, 5.41) is 9.69. The van der Waals surface area contributed by atoms with Gasteiger partial charge in [0.25, 0.3) is 5.92 Å². The van der Waals surface area contributed by atoms with Gasteiger partial charge in [0, 0.05) is 11.1 Å². The van der Waals surface area contributed by atoms with E-state index in [1.807, 2.05) is 0 Å². The van der Waals surface area contributed by atoms with Crippen molar-refractivity contribution in [3.8, 4) is 11.5 Å². The fourth-order valence-electron chi connectivity index (χ4n) is 3.45. The monoisotopic (exact) mass is 398 g/mol. The Labute approximate surface area is 160 Å². The number of aromatic hydroxyl groups is 1. The summed E-state index contributed by atoms with van der Waals surface area (Å²) in [7, 11) is 0. The third-order valence-corrected chi connectivity index (χ3v) is 5.01. The van der Waals surface area contributed by atoms with Crippen LogP contribution >= 0.6 is 0 Å². The van der Waals surface area contributed by atoms with Crippen molar-refractivity contribution in [3.63, 3.8) is 0 Å². The number of phenols is 1. The molecule has 28 heavy (non-hydrogen) atoms. The van der Waals surface area contributed by atoms with Crippen LogP contribution in [0.25, 0.3) is 0 Å². The van der Waals surface area contributed by atoms with Crippen molar-refractivity contribution in [1.29, 1.82) is 0 Å². The molecule has 1 unspecified atom stereocenters. The maximum absolute atomic E-state index is 14.9. The lowest BCUT2D eigenvalue weighted by Gasteiger charge is -2.32. The van der Waals surface area contributed by atoms with E-state index >= 15 is 0 Å². The lowest BCUT2D eigenvalue weighted by atomic mass is 9.79. The van der Waals surface area contributed by atoms with E-state index in [2.05, 4.69) is 16.9 Å². The topological polar surface area (TPSA) is 55.2 Å². The van der Waals surface area contributed by atoms with Gasteiger partial charge in [-0.05, 0) is 25.3 Å². The van der Waals surface area contributed by atoms with Crippen molar-refractivity contribution in [2.24, 2.45) is 0 Å². The van der Waals surface area contributed by atoms with Crippen LogP contribution in [0.15, 0.2) is 18.5 Å². The van der Waals surface area contributed by atoms with Gasteiger partial charge in [-0.2, -0.15) is 4.39 Å². The molecule has 4 nitrogen and oxygen atoms in total. The van der Waals surface area contributed by atoms with Gasteiger partial charge in [0.1, 0.15) is 5.82 Å². The van der Waals surface area contributed by atoms with Crippen molar-refractivity contribution in [1.82, 2.24) is 9.97 Å². The molecule has 1 aliphatic rings. The predicted molar refractivity (Wildman–Crippen MR) is 94.6 cm³/mol. The zero-order valence-electron chi connectivity index (χ0n) is 15.5. The Hall–Kier alpha value is -2.38. The highest BCUT2D eigenvalue weighted by Crippen LogP contribution is 2.51. The molecular weight excluding hydrogens is 376 g/mol. The van der Waals surface area contributed by atoms with Crippen LogP contribution in [0.4, 0.5) is 17.6 Å². The van der Waals surface area contributed by atoms with Crippen LogP contribution in [-0.4, -0.2) is 21.7 Å². The Morgan fingerprint density at radius 3 is 2.57 bits per heavy atom. The van der Waals surface area contributed by atoms with Crippen LogP contribution in [0.2, 0.25) is 0 Å². The average molecular weight is 398 g/mol. The number of nitrogens with zero attached hydrogens (tertiary/aromatic N) is 2. The van der Waals surface area contributed by atoms with Crippen LogP contribution in [0, 0.1) is 11.6 Å². The molecule has 1 N–H and O–H groups in total. The summed E-state index contributed by atoms with van der Waals surface area (Å²) in [6.07, 6.45) is 6.73. The third kappa shape index (κ3) is 3.91. The second-order valence-electron chi connectivity index (χ2n) is 6.95. The first-order valence-corrected chi connectivity index (χ1v) is 9.39. The van der Waals surface area contributed by atoms with Crippen molar-refractivity contribution in [2.45, 2.75) is 57.3 Å². The molecule has 1 heterocycles. The number of alkyl halides is 2. The van der Waals surface area contributed by atoms with E-state index < -0.39 is 34.8 Å². The molecule has 0 aliphatic heterocycles. The maximum Gasteiger partial charge on any atom is 0.283 e. The van der Waals surface area contributed by atoms with Gasteiger partial charge in [0.2, 0.25) is 5.82 Å². The van der Waals surface area contributed by atoms with Gasteiger partial charge in [0.15, 0.2) is 17.3 Å². The largest absolute Gasteiger partial charge is 0.505 e. The first kappa shape index (κ1) is 20.4. The maximum atomic E-state index is 14.9. The molecule has 0 saturated carbocycles. The normalized spacial score (nSPS) is 18.0. The Kier molecular flexibility index (Phi) is 6.05. The quantitative estimate of drug-likeness (QED) is 0.512. The lowest BCUT2D eigenvalue weighted by Crippen LogP contribution is -2.31. The van der Waals surface area contributed by atoms with Crippen LogP contribution in [0.1, 0.15) is 61.9 Å². The van der Waals surface area contributed by atoms with E-state index in [4.69, 9.17) is 4.74 Å². The predicted octanol–water partition coefficient (Wildman–Crippen LogP) is 5.24. The number of fused-ring (bicyclic) bond motifs is 1. The van der Waals surface area contributed by atoms with Crippen LogP contribution in [-0.2, 0) is 12.3 Å². The molecule has 1 aliphatic carbocycles. The number of ether oxygens (including phenoxy) is 1. The molecule has 0 saturated heterocycles. The fourth-order valence-corrected chi connectivity index (χ4v) is 3.45. The van der Waals surface area contributed by atoms with E-state index in [-0.39, 0.29) is 24.2 Å². The van der Waals surface area contributed by atoms with Crippen molar-refractivity contribution in [2.75, 3.05) is 6.61 Å². The van der Waals surface area contributed by atoms with E-state index in [0.29, 0.717) is 18.4 Å². The molecular formula is C20H22F4N2O2. The van der Waals surface area contributed by atoms with E-state index in [9.17, 15) is 22.7 Å². The second kappa shape index (κ2) is 8.32. The number of hydrogen-bond acceptors (Lipinski definition) is 4. The van der Waals surface area contributed by atoms with Crippen molar-refractivity contribution < 1.29 is 27.4 Å². The van der Waals surface area contributed by atoms with Gasteiger partial charge in [-0.25, -0.2) is 23.1 Å². The van der Waals surface area contributed by atoms with Gasteiger partial charge in [-0.3, -0.25) is 0 Å². The summed E-state index contributed by atoms with van der Waals surface area (Å²) in [5.41, 5.74) is -0.993. The highest BCUT2D eigenvalue weighted by atomic mass is 19.3. The van der Waals surface area contributed by atoms with Gasteiger partial charge in [0.05, 0.1) is 24.9 Å². The van der Waals surface area contributed by atoms with E-state index in [1.54, 1.807) is 0 Å². The van der Waals surface area contributed by atoms with Gasteiger partial charge >= 0.3 is 0 Å². The minimum Gasteiger partial charge on any atom is -0.505 e. The first-order chi connectivity index (χ1) is 13.4. The number of aromatic nitrogens is 2. The number of unbranched alkanes of at least 4 members (excludes halogenated alkanes) is 3. The summed E-state index contributed by atoms with van der Waals surface area (Å²) in [4.78, 5) is 8.00. The zero-order chi connectivity index (χ0) is 20.3. The third-order valence-electron chi connectivity index (χ3n) is 5.01. The van der Waals surface area contributed by atoms with Crippen LogP contribution in [0.5, 0.6) is 11.5 Å². The Morgan fingerprint density at radius 2 is 1.89 bits per heavy atom. The first-order valence-electron chi connectivity index (χ1n) is 9.39. The van der Waals surface area contributed by atoms with Gasteiger partial charge in [-0.15, -0.1) is 0 Å². The molecule has 1 aromatic heterocycles. The van der Waals surface area contributed by atoms with Crippen LogP contribution < -0.4 is 4.74 Å². The molecule has 152 valence electrons. The molecule has 2 aromatic rings. The summed E-state index contributed by atoms with van der Waals surface area (Å²) >= 11 is 0. The molecule has 0 fully saturated rings. The highest BCUT2D eigenvalue weighted by molar-refractivity contribution is 5.46. The summed E-state index contributed by atoms with van der Waals surface area (Å²) < 4.78 is 62.5. The molecule has 0 spiro atoms. The molecule has 1 aromatic carbocycles. The zero-order valence-corrected chi connectivity index (χ0v) is 15.5. The number of halogens is 4. The molecule has 0 amide bonds. The molecule has 8 heteroatoms. The summed E-state index contributed by atoms with van der Waals surface area (Å²) in [6, 6.07) is 0.449. The Balaban J connectivity index is 1.76. The lowest BCUT2D eigenvalue weighted by molar-refractivity contribution is -0.0469. The number of benzene rings is 1. The second-order valence-corrected chi connectivity index (χ2v) is 6.95. The number of phenolic OH excluding ortho intramolecular Hbond substituents is 1. The van der Waals surface area contributed by atoms with Gasteiger partial charge < -0.3 is 9.84 Å². The number of hydrogen-bond donors (Lipinski definition) is 1. The average Bonchev–Trinajstić information content (AvgIpc) is 2.67. The Bertz CT molecular complexity index is 828. The van der Waals surface area contributed by atoms with E-state index in [1.165, 1.54) is 12.4 Å². The summed E-state index contributed by atoms with van der Waals surface area (Å²) in [6.45, 7) is 2.61. The number of rotatable bonds is 7. The molecule has 3 rings (SSSR count). The standard InChI is InChI=1S/C20H22F4N2O2/c1-2-3-4-5-8-28-12-10-25-19(26-11-12)14-7-6-13-15(20(14,23)24)9-16(21)17(22)18(13)27/h9-11,14,27H,2-8H2,1H3. The minimum absolute atomic E-state index is 0.0301. The molecule has 0 radical (unpaired) electrons. The van der Waals surface area contributed by atoms with Crippen molar-refractivity contribution in [3.05, 3.63) is 47.0 Å². The minimum atomic E-state index is -3.54. The highest BCUT2D eigenvalue weighted by Gasteiger charge is 2.49. The fraction of sp³-hybridized carbons (Fsp3) is 0.500. The SMILES string of the molecule is CCCCCCOc1cnc(C2CCc3c(cc(F)c(F)c3O)C2(F)F)nc1. The van der Waals surface area contributed by atoms with Crippen LogP contribution in [0.3, 0.4) is 0 Å². The van der Waals surface area contributed by atoms with E-state index in [0.717, 1.165) is 25.7 Å². The molecule has 0 bridgehead atoms. The smallest absolute Gasteiger partial charge is 0.283 e. The molecule has 1 atom stereocenters. The Morgan fingerprint density at radius 1 is 1.18 bits per heavy atom. The van der Waals surface area contributed by atoms with Gasteiger partial charge in [-0.1, -0.05) is 26.2 Å². The van der Waals surface area contributed by atoms with Crippen molar-refractivity contribution >= 4 is 0 Å².